The Morgan fingerprint density at radius 3 is 2.44 bits per heavy atom. The van der Waals surface area contributed by atoms with Gasteiger partial charge in [-0.15, -0.1) is 0 Å². The molecule has 2 heterocycles. The van der Waals surface area contributed by atoms with E-state index < -0.39 is 5.92 Å². The van der Waals surface area contributed by atoms with Gasteiger partial charge in [-0.2, -0.15) is 5.26 Å². The van der Waals surface area contributed by atoms with E-state index >= 15 is 0 Å². The molecule has 7 nitrogen and oxygen atoms in total. The molecule has 3 N–H and O–H groups in total. The van der Waals surface area contributed by atoms with Crippen LogP contribution in [-0.4, -0.2) is 17.6 Å². The van der Waals surface area contributed by atoms with Crippen molar-refractivity contribution >= 4 is 35.0 Å². The van der Waals surface area contributed by atoms with Gasteiger partial charge in [-0.05, 0) is 68.3 Å². The third kappa shape index (κ3) is 5.53. The van der Waals surface area contributed by atoms with Gasteiger partial charge in [0.15, 0.2) is 0 Å². The molecule has 0 fully saturated rings. The van der Waals surface area contributed by atoms with Crippen molar-refractivity contribution in [3.05, 3.63) is 106 Å². The highest BCUT2D eigenvalue weighted by molar-refractivity contribution is 8.03. The molecular weight excluding hydrogens is 472 g/mol. The molecule has 2 amide bonds. The van der Waals surface area contributed by atoms with Gasteiger partial charge in [0, 0.05) is 17.1 Å². The van der Waals surface area contributed by atoms with E-state index in [9.17, 15) is 14.9 Å². The average molecular weight is 499 g/mol. The maximum absolute atomic E-state index is 13.3. The van der Waals surface area contributed by atoms with E-state index in [1.165, 1.54) is 18.0 Å². The number of carbonyl (C=O) groups excluding carboxylic acids is 2. The molecule has 1 aromatic heterocycles. The number of rotatable bonds is 7. The fraction of sp³-hybridized carbons (Fsp3) is 0.179. The number of thioether (sulfide) groups is 1. The Labute approximate surface area is 214 Å². The van der Waals surface area contributed by atoms with E-state index in [0.29, 0.717) is 33.3 Å². The summed E-state index contributed by atoms with van der Waals surface area (Å²) >= 11 is 1.21. The Kier molecular flexibility index (Phi) is 7.62. The standard InChI is InChI=1S/C28H26N4O3S/c1-17-11-12-21(14-18(17)2)31-24(33)16-36-28-22(15-29)26(23-10-7-13-35-23)25(19(3)30-28)27(34)32-20-8-5-4-6-9-20/h4-14,26,30H,16H2,1-3H3,(H,31,33)(H,32,34)/t26-/m1/s1. The quantitative estimate of drug-likeness (QED) is 0.391. The van der Waals surface area contributed by atoms with Gasteiger partial charge in [0.1, 0.15) is 5.76 Å². The average Bonchev–Trinajstić information content (AvgIpc) is 3.40. The van der Waals surface area contributed by atoms with Gasteiger partial charge < -0.3 is 20.4 Å². The lowest BCUT2D eigenvalue weighted by Gasteiger charge is -2.28. The third-order valence-electron chi connectivity index (χ3n) is 5.89. The molecule has 1 aliphatic heterocycles. The number of nitrogens with one attached hydrogen (secondary N) is 3. The van der Waals surface area contributed by atoms with Crippen molar-refractivity contribution in [2.24, 2.45) is 0 Å². The maximum atomic E-state index is 13.3. The number of amides is 2. The van der Waals surface area contributed by atoms with Crippen LogP contribution in [0.2, 0.25) is 0 Å². The van der Waals surface area contributed by atoms with Gasteiger partial charge in [-0.25, -0.2) is 0 Å². The van der Waals surface area contributed by atoms with Crippen molar-refractivity contribution in [1.29, 1.82) is 5.26 Å². The number of furan rings is 1. The number of anilines is 2. The molecule has 8 heteroatoms. The van der Waals surface area contributed by atoms with Gasteiger partial charge in [0.05, 0.1) is 40.2 Å². The number of para-hydroxylation sites is 1. The summed E-state index contributed by atoms with van der Waals surface area (Å²) < 4.78 is 5.64. The van der Waals surface area contributed by atoms with Crippen LogP contribution >= 0.6 is 11.8 Å². The van der Waals surface area contributed by atoms with E-state index in [0.717, 1.165) is 16.8 Å². The fourth-order valence-corrected chi connectivity index (χ4v) is 4.83. The maximum Gasteiger partial charge on any atom is 0.254 e. The zero-order chi connectivity index (χ0) is 25.7. The molecule has 0 bridgehead atoms. The Morgan fingerprint density at radius 2 is 1.78 bits per heavy atom. The lowest BCUT2D eigenvalue weighted by atomic mass is 9.85. The summed E-state index contributed by atoms with van der Waals surface area (Å²) in [6.45, 7) is 5.78. The van der Waals surface area contributed by atoms with Gasteiger partial charge in [0.2, 0.25) is 5.91 Å². The lowest BCUT2D eigenvalue weighted by Crippen LogP contribution is -2.31. The van der Waals surface area contributed by atoms with Crippen LogP contribution in [-0.2, 0) is 9.59 Å². The van der Waals surface area contributed by atoms with Crippen LogP contribution in [0.4, 0.5) is 11.4 Å². The highest BCUT2D eigenvalue weighted by atomic mass is 32.2. The summed E-state index contributed by atoms with van der Waals surface area (Å²) in [5.41, 5.74) is 4.89. The van der Waals surface area contributed by atoms with E-state index in [2.05, 4.69) is 22.0 Å². The summed E-state index contributed by atoms with van der Waals surface area (Å²) in [7, 11) is 0. The molecule has 182 valence electrons. The molecule has 0 aliphatic carbocycles. The second kappa shape index (κ2) is 11.0. The highest BCUT2D eigenvalue weighted by Gasteiger charge is 2.36. The number of allylic oxidation sites excluding steroid dienone is 2. The Bertz CT molecular complexity index is 1390. The van der Waals surface area contributed by atoms with Gasteiger partial charge >= 0.3 is 0 Å². The smallest absolute Gasteiger partial charge is 0.254 e. The van der Waals surface area contributed by atoms with Crippen molar-refractivity contribution in [2.75, 3.05) is 16.4 Å². The van der Waals surface area contributed by atoms with Crippen LogP contribution in [0.25, 0.3) is 0 Å². The molecule has 0 spiro atoms. The summed E-state index contributed by atoms with van der Waals surface area (Å²) in [5.74, 6) is -0.677. The molecule has 0 saturated heterocycles. The first-order chi connectivity index (χ1) is 17.4. The number of benzene rings is 2. The number of aryl methyl sites for hydroxylation is 2. The second-order valence-corrected chi connectivity index (χ2v) is 9.41. The van der Waals surface area contributed by atoms with Crippen molar-refractivity contribution in [2.45, 2.75) is 26.7 Å². The van der Waals surface area contributed by atoms with Crippen molar-refractivity contribution in [3.8, 4) is 6.07 Å². The van der Waals surface area contributed by atoms with Crippen LogP contribution in [0, 0.1) is 25.2 Å². The molecule has 2 aromatic carbocycles. The Hall–Kier alpha value is -4.22. The number of nitriles is 1. The monoisotopic (exact) mass is 498 g/mol. The normalized spacial score (nSPS) is 15.2. The van der Waals surface area contributed by atoms with Gasteiger partial charge in [0.25, 0.3) is 5.91 Å². The molecule has 1 atom stereocenters. The molecule has 3 aromatic rings. The minimum Gasteiger partial charge on any atom is -0.468 e. The summed E-state index contributed by atoms with van der Waals surface area (Å²) in [6.07, 6.45) is 1.51. The predicted octanol–water partition coefficient (Wildman–Crippen LogP) is 5.60. The first kappa shape index (κ1) is 24.9. The van der Waals surface area contributed by atoms with Crippen LogP contribution < -0.4 is 16.0 Å². The number of nitrogens with zero attached hydrogens (tertiary/aromatic N) is 1. The van der Waals surface area contributed by atoms with Crippen LogP contribution in [0.3, 0.4) is 0 Å². The SMILES string of the molecule is CC1=C(C(=O)Nc2ccccc2)[C@@H](c2ccco2)C(C#N)=C(SCC(=O)Nc2ccc(C)c(C)c2)N1. The molecule has 4 rings (SSSR count). The topological polar surface area (TPSA) is 107 Å². The molecule has 0 radical (unpaired) electrons. The first-order valence-corrected chi connectivity index (χ1v) is 12.4. The molecule has 0 unspecified atom stereocenters. The highest BCUT2D eigenvalue weighted by Crippen LogP contribution is 2.41. The number of hydrogen-bond donors (Lipinski definition) is 3. The third-order valence-corrected chi connectivity index (χ3v) is 6.91. The lowest BCUT2D eigenvalue weighted by molar-refractivity contribution is -0.114. The van der Waals surface area contributed by atoms with E-state index in [4.69, 9.17) is 4.42 Å². The van der Waals surface area contributed by atoms with Crippen molar-refractivity contribution in [3.63, 3.8) is 0 Å². The molecule has 0 saturated carbocycles. The zero-order valence-corrected chi connectivity index (χ0v) is 21.0. The zero-order valence-electron chi connectivity index (χ0n) is 20.2. The van der Waals surface area contributed by atoms with E-state index in [1.807, 2.05) is 50.2 Å². The van der Waals surface area contributed by atoms with E-state index in [1.54, 1.807) is 31.2 Å². The fourth-order valence-electron chi connectivity index (χ4n) is 3.94. The number of hydrogen-bond acceptors (Lipinski definition) is 6. The minimum atomic E-state index is -0.708. The minimum absolute atomic E-state index is 0.0874. The van der Waals surface area contributed by atoms with Gasteiger partial charge in [-0.1, -0.05) is 36.0 Å². The van der Waals surface area contributed by atoms with Crippen LogP contribution in [0.5, 0.6) is 0 Å². The molecule has 1 aliphatic rings. The molecule has 36 heavy (non-hydrogen) atoms. The Morgan fingerprint density at radius 1 is 1.00 bits per heavy atom. The number of carbonyl (C=O) groups is 2. The largest absolute Gasteiger partial charge is 0.468 e. The first-order valence-electron chi connectivity index (χ1n) is 11.4. The van der Waals surface area contributed by atoms with Crippen LogP contribution in [0.15, 0.2) is 93.2 Å². The predicted molar refractivity (Wildman–Crippen MR) is 142 cm³/mol. The number of dihydropyridines is 1. The van der Waals surface area contributed by atoms with Crippen LogP contribution in [0.1, 0.15) is 29.7 Å². The molecular formula is C28H26N4O3S. The van der Waals surface area contributed by atoms with Crippen molar-refractivity contribution < 1.29 is 14.0 Å². The summed E-state index contributed by atoms with van der Waals surface area (Å²) in [4.78, 5) is 26.0. The van der Waals surface area contributed by atoms with E-state index in [-0.39, 0.29) is 17.6 Å². The summed E-state index contributed by atoms with van der Waals surface area (Å²) in [5, 5.41) is 19.6. The van der Waals surface area contributed by atoms with Crippen molar-refractivity contribution in [1.82, 2.24) is 5.32 Å². The summed E-state index contributed by atoms with van der Waals surface area (Å²) in [6, 6.07) is 20.6. The Balaban J connectivity index is 1.57. The van der Waals surface area contributed by atoms with Gasteiger partial charge in [-0.3, -0.25) is 9.59 Å². The second-order valence-electron chi connectivity index (χ2n) is 8.42.